The average Bonchev–Trinajstić information content (AvgIpc) is 3.09. The minimum atomic E-state index is -3.63. The van der Waals surface area contributed by atoms with Crippen LogP contribution in [-0.2, 0) is 14.8 Å². The number of fused-ring (bicyclic) bond motifs is 1. The highest BCUT2D eigenvalue weighted by molar-refractivity contribution is 7.89. The van der Waals surface area contributed by atoms with Crippen molar-refractivity contribution in [2.75, 3.05) is 25.5 Å². The minimum absolute atomic E-state index is 0.132. The SMILES string of the molecule is Cc1cc(NC(=O)CN(C)S(=O)(=O)C2CC(C)CC3CNNC32)ccc1C#N. The molecule has 3 N–H and O–H groups in total. The molecule has 28 heavy (non-hydrogen) atoms. The summed E-state index contributed by atoms with van der Waals surface area (Å²) in [6.07, 6.45) is 1.58. The van der Waals surface area contributed by atoms with Crippen molar-refractivity contribution < 1.29 is 13.2 Å². The number of rotatable bonds is 5. The summed E-state index contributed by atoms with van der Waals surface area (Å²) in [4.78, 5) is 12.4. The molecule has 1 aliphatic carbocycles. The van der Waals surface area contributed by atoms with Crippen LogP contribution in [0.5, 0.6) is 0 Å². The quantitative estimate of drug-likeness (QED) is 0.672. The lowest BCUT2D eigenvalue weighted by atomic mass is 9.79. The summed E-state index contributed by atoms with van der Waals surface area (Å²) in [5.74, 6) is 0.201. The standard InChI is InChI=1S/C19H27N5O3S/c1-12-6-15-10-21-23-19(15)17(7-12)28(26,27)24(3)11-18(25)22-16-5-4-14(9-20)13(2)8-16/h4-5,8,12,15,17,19,21,23H,6-7,10-11H2,1-3H3,(H,22,25). The first-order chi connectivity index (χ1) is 13.2. The number of aryl methyl sites for hydroxylation is 1. The number of benzene rings is 1. The number of anilines is 1. The Morgan fingerprint density at radius 3 is 2.82 bits per heavy atom. The summed E-state index contributed by atoms with van der Waals surface area (Å²) in [6.45, 7) is 4.38. The zero-order valence-electron chi connectivity index (χ0n) is 16.4. The van der Waals surface area contributed by atoms with Crippen molar-refractivity contribution in [2.24, 2.45) is 11.8 Å². The fourth-order valence-corrected chi connectivity index (χ4v) is 6.22. The zero-order valence-corrected chi connectivity index (χ0v) is 17.2. The van der Waals surface area contributed by atoms with Gasteiger partial charge < -0.3 is 5.32 Å². The molecule has 0 radical (unpaired) electrons. The first kappa shape index (κ1) is 20.7. The van der Waals surface area contributed by atoms with Crippen LogP contribution in [0.3, 0.4) is 0 Å². The molecule has 1 saturated heterocycles. The summed E-state index contributed by atoms with van der Waals surface area (Å²) < 4.78 is 27.4. The van der Waals surface area contributed by atoms with E-state index in [2.05, 4.69) is 29.2 Å². The van der Waals surface area contributed by atoms with E-state index in [1.165, 1.54) is 7.05 Å². The molecule has 4 unspecified atom stereocenters. The smallest absolute Gasteiger partial charge is 0.239 e. The molecule has 1 saturated carbocycles. The van der Waals surface area contributed by atoms with Gasteiger partial charge >= 0.3 is 0 Å². The van der Waals surface area contributed by atoms with Crippen molar-refractivity contribution in [1.29, 1.82) is 5.26 Å². The summed E-state index contributed by atoms with van der Waals surface area (Å²) in [6, 6.07) is 6.92. The molecule has 0 aromatic heterocycles. The minimum Gasteiger partial charge on any atom is -0.325 e. The molecule has 0 spiro atoms. The molecular formula is C19H27N5O3S. The van der Waals surface area contributed by atoms with Crippen molar-refractivity contribution >= 4 is 21.6 Å². The maximum Gasteiger partial charge on any atom is 0.239 e. The monoisotopic (exact) mass is 405 g/mol. The van der Waals surface area contributed by atoms with Crippen LogP contribution in [0.2, 0.25) is 0 Å². The van der Waals surface area contributed by atoms with E-state index in [0.29, 0.717) is 23.6 Å². The fraction of sp³-hybridized carbons (Fsp3) is 0.579. The summed E-state index contributed by atoms with van der Waals surface area (Å²) in [5, 5.41) is 11.1. The third kappa shape index (κ3) is 4.20. The van der Waals surface area contributed by atoms with Crippen LogP contribution in [0.25, 0.3) is 0 Å². The third-order valence-corrected chi connectivity index (χ3v) is 7.94. The van der Waals surface area contributed by atoms with Gasteiger partial charge in [0.05, 0.1) is 23.4 Å². The number of carbonyl (C=O) groups excluding carboxylic acids is 1. The molecule has 0 bridgehead atoms. The molecule has 2 fully saturated rings. The van der Waals surface area contributed by atoms with E-state index in [1.807, 2.05) is 0 Å². The second-order valence-corrected chi connectivity index (χ2v) is 10.2. The van der Waals surface area contributed by atoms with Gasteiger partial charge in [0.2, 0.25) is 15.9 Å². The number of hydrogen-bond acceptors (Lipinski definition) is 6. The van der Waals surface area contributed by atoms with Crippen LogP contribution in [0.1, 0.15) is 30.9 Å². The Balaban J connectivity index is 1.67. The molecule has 1 aromatic rings. The van der Waals surface area contributed by atoms with Gasteiger partial charge in [-0.05, 0) is 55.4 Å². The molecule has 1 heterocycles. The Labute approximate surface area is 166 Å². The average molecular weight is 406 g/mol. The number of carbonyl (C=O) groups is 1. The van der Waals surface area contributed by atoms with Gasteiger partial charge in [0.1, 0.15) is 0 Å². The van der Waals surface area contributed by atoms with Crippen LogP contribution < -0.4 is 16.2 Å². The summed E-state index contributed by atoms with van der Waals surface area (Å²) >= 11 is 0. The van der Waals surface area contributed by atoms with Crippen molar-refractivity contribution in [3.63, 3.8) is 0 Å². The van der Waals surface area contributed by atoms with Crippen molar-refractivity contribution in [3.05, 3.63) is 29.3 Å². The predicted molar refractivity (Wildman–Crippen MR) is 107 cm³/mol. The van der Waals surface area contributed by atoms with Crippen LogP contribution in [0.15, 0.2) is 18.2 Å². The predicted octanol–water partition coefficient (Wildman–Crippen LogP) is 0.958. The van der Waals surface area contributed by atoms with Gasteiger partial charge in [-0.25, -0.2) is 8.42 Å². The highest BCUT2D eigenvalue weighted by Crippen LogP contribution is 2.35. The first-order valence-corrected chi connectivity index (χ1v) is 11.0. The number of amides is 1. The molecule has 152 valence electrons. The number of nitrogens with one attached hydrogen (secondary N) is 3. The number of nitrogens with zero attached hydrogens (tertiary/aromatic N) is 2. The Morgan fingerprint density at radius 2 is 2.14 bits per heavy atom. The molecule has 1 aliphatic heterocycles. The van der Waals surface area contributed by atoms with Gasteiger partial charge in [-0.2, -0.15) is 9.57 Å². The molecule has 8 nitrogen and oxygen atoms in total. The third-order valence-electron chi connectivity index (χ3n) is 5.70. The molecule has 3 rings (SSSR count). The van der Waals surface area contributed by atoms with E-state index in [9.17, 15) is 13.2 Å². The van der Waals surface area contributed by atoms with Crippen LogP contribution in [0.4, 0.5) is 5.69 Å². The zero-order chi connectivity index (χ0) is 20.5. The van der Waals surface area contributed by atoms with Crippen molar-refractivity contribution in [3.8, 4) is 6.07 Å². The molecule has 1 amide bonds. The number of hydrazine groups is 1. The Morgan fingerprint density at radius 1 is 1.39 bits per heavy atom. The van der Waals surface area contributed by atoms with E-state index in [0.717, 1.165) is 22.8 Å². The maximum absolute atomic E-state index is 13.1. The lowest BCUT2D eigenvalue weighted by Gasteiger charge is -2.37. The molecule has 4 atom stereocenters. The molecule has 1 aromatic carbocycles. The summed E-state index contributed by atoms with van der Waals surface area (Å²) in [7, 11) is -2.17. The van der Waals surface area contributed by atoms with Crippen molar-refractivity contribution in [2.45, 2.75) is 38.0 Å². The molecule has 9 heteroatoms. The van der Waals surface area contributed by atoms with Gasteiger partial charge in [0.15, 0.2) is 0 Å². The lowest BCUT2D eigenvalue weighted by Crippen LogP contribution is -2.53. The Bertz CT molecular complexity index is 895. The fourth-order valence-electron chi connectivity index (χ4n) is 4.23. The van der Waals surface area contributed by atoms with Gasteiger partial charge in [-0.15, -0.1) is 0 Å². The van der Waals surface area contributed by atoms with Gasteiger partial charge in [0.25, 0.3) is 0 Å². The number of likely N-dealkylation sites (N-methyl/N-ethyl adjacent to an activating group) is 1. The van der Waals surface area contributed by atoms with Crippen LogP contribution >= 0.6 is 0 Å². The normalized spacial score (nSPS) is 27.2. The Kier molecular flexibility index (Phi) is 6.05. The molecule has 2 aliphatic rings. The highest BCUT2D eigenvalue weighted by atomic mass is 32.2. The van der Waals surface area contributed by atoms with Gasteiger partial charge in [-0.3, -0.25) is 15.6 Å². The summed E-state index contributed by atoms with van der Waals surface area (Å²) in [5.41, 5.74) is 8.03. The maximum atomic E-state index is 13.1. The number of hydrogen-bond donors (Lipinski definition) is 3. The second kappa shape index (κ2) is 8.17. The number of nitriles is 1. The topological polar surface area (TPSA) is 114 Å². The van der Waals surface area contributed by atoms with E-state index in [1.54, 1.807) is 25.1 Å². The largest absolute Gasteiger partial charge is 0.325 e. The van der Waals surface area contributed by atoms with E-state index in [-0.39, 0.29) is 18.5 Å². The van der Waals surface area contributed by atoms with Gasteiger partial charge in [-0.1, -0.05) is 6.92 Å². The molecular weight excluding hydrogens is 378 g/mol. The second-order valence-electron chi connectivity index (χ2n) is 7.92. The van der Waals surface area contributed by atoms with Crippen LogP contribution in [0, 0.1) is 30.1 Å². The highest BCUT2D eigenvalue weighted by Gasteiger charge is 2.46. The van der Waals surface area contributed by atoms with E-state index in [4.69, 9.17) is 5.26 Å². The lowest BCUT2D eigenvalue weighted by molar-refractivity contribution is -0.116. The van der Waals surface area contributed by atoms with Gasteiger partial charge in [0, 0.05) is 25.3 Å². The van der Waals surface area contributed by atoms with E-state index >= 15 is 0 Å². The van der Waals surface area contributed by atoms with Crippen molar-refractivity contribution in [1.82, 2.24) is 15.2 Å². The van der Waals surface area contributed by atoms with E-state index < -0.39 is 21.2 Å². The first-order valence-electron chi connectivity index (χ1n) is 9.46. The number of sulfonamides is 1. The van der Waals surface area contributed by atoms with Crippen LogP contribution in [-0.4, -0.2) is 50.1 Å². The Hall–Kier alpha value is -1.99.